The minimum Gasteiger partial charge on any atom is -0.382 e. The molecule has 8 aromatic carbocycles. The van der Waals surface area contributed by atoms with Gasteiger partial charge in [-0.15, -0.1) is 0 Å². The molecule has 1 unspecified atom stereocenters. The van der Waals surface area contributed by atoms with E-state index in [0.29, 0.717) is 47.1 Å². The molecule has 1 N–H and O–H groups in total. The van der Waals surface area contributed by atoms with E-state index in [4.69, 9.17) is 14.2 Å². The molecule has 0 amide bonds. The fourth-order valence-corrected chi connectivity index (χ4v) is 15.1. The molecule has 10 rings (SSSR count). The van der Waals surface area contributed by atoms with Gasteiger partial charge in [0, 0.05) is 71.7 Å². The molecule has 13 heteroatoms. The number of nitrogens with zero attached hydrogens (tertiary/aromatic N) is 2. The second-order valence-corrected chi connectivity index (χ2v) is 26.4. The first-order valence-electron chi connectivity index (χ1n) is 31.3. The predicted molar refractivity (Wildman–Crippen MR) is 366 cm³/mol. The zero-order chi connectivity index (χ0) is 65.9. The van der Waals surface area contributed by atoms with Crippen molar-refractivity contribution in [3.8, 4) is 0 Å². The maximum absolute atomic E-state index is 14.5. The first kappa shape index (κ1) is 70.4. The van der Waals surface area contributed by atoms with Crippen molar-refractivity contribution in [3.05, 3.63) is 273 Å². The normalized spacial score (nSPS) is 14.4. The lowest BCUT2D eigenvalue weighted by molar-refractivity contribution is -0.176. The lowest BCUT2D eigenvalue weighted by atomic mass is 9.79. The van der Waals surface area contributed by atoms with Gasteiger partial charge in [0.2, 0.25) is 24.0 Å². The van der Waals surface area contributed by atoms with Crippen molar-refractivity contribution in [1.82, 2.24) is 4.90 Å². The molecule has 1 heterocycles. The zero-order valence-electron chi connectivity index (χ0n) is 54.8. The number of ether oxygens (including phenoxy) is 3. The molecule has 12 nitrogen and oxygen atoms in total. The highest BCUT2D eigenvalue weighted by Gasteiger charge is 2.46. The van der Waals surface area contributed by atoms with Crippen molar-refractivity contribution in [1.29, 1.82) is 0 Å². The number of morpholine rings is 1. The molecule has 1 saturated carbocycles. The molecule has 0 spiro atoms. The van der Waals surface area contributed by atoms with Crippen molar-refractivity contribution < 1.29 is 47.9 Å². The van der Waals surface area contributed by atoms with Crippen LogP contribution in [0.1, 0.15) is 142 Å². The summed E-state index contributed by atoms with van der Waals surface area (Å²) in [6, 6.07) is 61.7. The number of rotatable bonds is 19. The van der Waals surface area contributed by atoms with E-state index in [1.54, 1.807) is 54.6 Å². The first-order chi connectivity index (χ1) is 43.6. The quantitative estimate of drug-likeness (QED) is 0.0465. The van der Waals surface area contributed by atoms with Gasteiger partial charge in [0.1, 0.15) is 5.60 Å². The van der Waals surface area contributed by atoms with Crippen LogP contribution in [0.25, 0.3) is 0 Å². The van der Waals surface area contributed by atoms with Crippen molar-refractivity contribution in [3.63, 3.8) is 0 Å². The van der Waals surface area contributed by atoms with E-state index in [2.05, 4.69) is 41.0 Å². The van der Waals surface area contributed by atoms with Crippen LogP contribution in [0, 0.1) is 41.5 Å². The molecule has 0 bridgehead atoms. The lowest BCUT2D eigenvalue weighted by Gasteiger charge is -2.38. The van der Waals surface area contributed by atoms with Crippen LogP contribution in [-0.2, 0) is 31.0 Å². The van der Waals surface area contributed by atoms with Gasteiger partial charge in [-0.3, -0.25) is 28.9 Å². The molecular formula is C78H89N2O10P. The fourth-order valence-electron chi connectivity index (χ4n) is 12.5. The Kier molecular flexibility index (Phi) is 25.0. The molecule has 1 atom stereocenters. The lowest BCUT2D eigenvalue weighted by Crippen LogP contribution is -2.52. The Morgan fingerprint density at radius 1 is 0.549 bits per heavy atom. The van der Waals surface area contributed by atoms with E-state index in [1.165, 1.54) is 19.8 Å². The third-order valence-electron chi connectivity index (χ3n) is 17.4. The number of methoxy groups -OCH3 is 2. The summed E-state index contributed by atoms with van der Waals surface area (Å²) in [5, 5.41) is 10.5. The SMILES string of the molecule is CCC(Cc1ccccc1)(C(=O)c1ccc(N2CCOCC2)cc1)N(C)C.COC(OC)(C(=O)c1ccccc1)c1ccccc1.Cc1cc(C)c(C(=O)P(=O)(C(=O)c2c(C)cc(C)cc2C)c2ccccc2)c(C)c1.O=C(c1ccccc1)C1(O)CCCCC1. The topological polar surface area (TPSA) is 157 Å². The summed E-state index contributed by atoms with van der Waals surface area (Å²) < 4.78 is 30.8. The monoisotopic (exact) mass is 1240 g/mol. The maximum atomic E-state index is 14.5. The van der Waals surface area contributed by atoms with Gasteiger partial charge in [-0.2, -0.15) is 0 Å². The number of ketones is 3. The number of anilines is 1. The van der Waals surface area contributed by atoms with Gasteiger partial charge in [0.25, 0.3) is 5.79 Å². The summed E-state index contributed by atoms with van der Waals surface area (Å²) in [4.78, 5) is 70.4. The summed E-state index contributed by atoms with van der Waals surface area (Å²) in [7, 11) is 2.84. The van der Waals surface area contributed by atoms with Gasteiger partial charge in [-0.1, -0.05) is 213 Å². The molecule has 1 saturated heterocycles. The number of hydrogen-bond acceptors (Lipinski definition) is 12. The number of aliphatic hydroxyl groups is 1. The summed E-state index contributed by atoms with van der Waals surface area (Å²) in [6.07, 6.45) is 5.73. The number of Topliss-reactive ketones (excluding diaryl/α,β-unsaturated/α-hetero) is 3. The Morgan fingerprint density at radius 2 is 0.956 bits per heavy atom. The summed E-state index contributed by atoms with van der Waals surface area (Å²) in [6.45, 7) is 16.6. The molecule has 1 aliphatic carbocycles. The van der Waals surface area contributed by atoms with Crippen LogP contribution in [-0.4, -0.2) is 104 Å². The molecule has 2 fully saturated rings. The Bertz CT molecular complexity index is 3650. The number of benzene rings is 8. The summed E-state index contributed by atoms with van der Waals surface area (Å²) in [5.74, 6) is -1.54. The van der Waals surface area contributed by atoms with E-state index in [-0.39, 0.29) is 22.7 Å². The average molecular weight is 1250 g/mol. The zero-order valence-corrected chi connectivity index (χ0v) is 55.7. The summed E-state index contributed by atoms with van der Waals surface area (Å²) in [5.41, 5.74) is 7.89. The van der Waals surface area contributed by atoms with E-state index >= 15 is 0 Å². The second kappa shape index (κ2) is 32.3. The Balaban J connectivity index is 0.000000178. The van der Waals surface area contributed by atoms with Crippen LogP contribution >= 0.6 is 7.14 Å². The van der Waals surface area contributed by atoms with E-state index < -0.39 is 35.1 Å². The molecule has 476 valence electrons. The van der Waals surface area contributed by atoms with Gasteiger partial charge in [0.05, 0.1) is 18.8 Å². The molecule has 0 aromatic heterocycles. The van der Waals surface area contributed by atoms with Gasteiger partial charge in [-0.05, 0) is 133 Å². The van der Waals surface area contributed by atoms with Crippen LogP contribution in [0.3, 0.4) is 0 Å². The van der Waals surface area contributed by atoms with Crippen molar-refractivity contribution in [2.24, 2.45) is 0 Å². The number of likely N-dealkylation sites (N-methyl/N-ethyl adjacent to an activating group) is 1. The molecule has 2 aliphatic rings. The highest BCUT2D eigenvalue weighted by Crippen LogP contribution is 2.53. The minimum atomic E-state index is -4.11. The third kappa shape index (κ3) is 16.5. The second-order valence-electron chi connectivity index (χ2n) is 23.9. The fraction of sp³-hybridized carbons (Fsp3) is 0.321. The van der Waals surface area contributed by atoms with Crippen molar-refractivity contribution >= 4 is 46.5 Å². The number of hydrogen-bond donors (Lipinski definition) is 1. The average Bonchev–Trinajstić information content (AvgIpc) is 0.779. The van der Waals surface area contributed by atoms with Crippen LogP contribution in [0.15, 0.2) is 200 Å². The number of aryl methyl sites for hydroxylation is 6. The smallest absolute Gasteiger partial charge is 0.260 e. The standard InChI is InChI=1S/C26H27O3P.C23H30N2O2.C16H16O3.C13H16O2/c1-16-12-18(3)23(19(4)13-16)25(27)30(29,22-10-8-7-9-11-22)26(28)24-20(5)14-17(2)15-21(24)6;1-4-23(24(2)3,18-19-8-6-5-7-9-19)22(26)20-10-12-21(13-11-20)25-14-16-27-17-15-25;1-18-16(19-2,14-11-7-4-8-12-14)15(17)13-9-5-3-6-10-13;14-12(11-7-3-1-4-8-11)13(15)9-5-2-6-10-13/h7-15H,1-6H3;5-13H,4,14-18H2,1-3H3;3-12H,1-2H3;1,3-4,7-8,15H,2,5-6,9-10H2. The largest absolute Gasteiger partial charge is 0.382 e. The first-order valence-corrected chi connectivity index (χ1v) is 33.0. The van der Waals surface area contributed by atoms with Gasteiger partial charge >= 0.3 is 0 Å². The Labute approximate surface area is 539 Å². The highest BCUT2D eigenvalue weighted by atomic mass is 31.2. The molecule has 1 aliphatic heterocycles. The maximum Gasteiger partial charge on any atom is 0.260 e. The highest BCUT2D eigenvalue weighted by molar-refractivity contribution is 8.01. The predicted octanol–water partition coefficient (Wildman–Crippen LogP) is 15.4. The molecule has 91 heavy (non-hydrogen) atoms. The third-order valence-corrected chi connectivity index (χ3v) is 20.0. The Morgan fingerprint density at radius 3 is 1.38 bits per heavy atom. The van der Waals surface area contributed by atoms with Gasteiger partial charge < -0.3 is 28.8 Å². The summed E-state index contributed by atoms with van der Waals surface area (Å²) >= 11 is 0. The van der Waals surface area contributed by atoms with Gasteiger partial charge in [0.15, 0.2) is 11.6 Å². The van der Waals surface area contributed by atoms with Crippen LogP contribution in [0.2, 0.25) is 0 Å². The van der Waals surface area contributed by atoms with Crippen LogP contribution in [0.5, 0.6) is 0 Å². The van der Waals surface area contributed by atoms with E-state index in [1.807, 2.05) is 177 Å². The van der Waals surface area contributed by atoms with Crippen LogP contribution in [0.4, 0.5) is 5.69 Å². The van der Waals surface area contributed by atoms with Crippen molar-refractivity contribution in [2.75, 3.05) is 59.5 Å². The number of carbonyl (C=O) groups is 5. The van der Waals surface area contributed by atoms with Crippen molar-refractivity contribution in [2.45, 2.75) is 110 Å². The molecule has 8 aromatic rings. The minimum absolute atomic E-state index is 0.109. The number of carbonyl (C=O) groups excluding carboxylic acids is 5. The van der Waals surface area contributed by atoms with E-state index in [0.717, 1.165) is 96.6 Å². The molecular weight excluding hydrogens is 1160 g/mol. The molecule has 0 radical (unpaired) electrons. The Hall–Kier alpha value is -8.06. The van der Waals surface area contributed by atoms with E-state index in [9.17, 15) is 33.6 Å². The van der Waals surface area contributed by atoms with Gasteiger partial charge in [-0.25, -0.2) is 0 Å². The van der Waals surface area contributed by atoms with Crippen LogP contribution < -0.4 is 10.2 Å².